The van der Waals surface area contributed by atoms with Crippen molar-refractivity contribution in [2.45, 2.75) is 36.8 Å². The Bertz CT molecular complexity index is 1150. The number of benzene rings is 1. The Morgan fingerprint density at radius 3 is 2.77 bits per heavy atom. The Kier molecular flexibility index (Phi) is 3.66. The lowest BCUT2D eigenvalue weighted by molar-refractivity contribution is -0.121. The van der Waals surface area contributed by atoms with Crippen molar-refractivity contribution in [2.24, 2.45) is 0 Å². The fourth-order valence-corrected chi connectivity index (χ4v) is 5.30. The minimum Gasteiger partial charge on any atom is -0.340 e. The van der Waals surface area contributed by atoms with Crippen LogP contribution in [0.25, 0.3) is 0 Å². The quantitative estimate of drug-likeness (QED) is 0.732. The molecule has 2 amide bonds. The summed E-state index contributed by atoms with van der Waals surface area (Å²) < 4.78 is 2.09. The van der Waals surface area contributed by atoms with Crippen molar-refractivity contribution in [3.8, 4) is 0 Å². The van der Waals surface area contributed by atoms with Crippen LogP contribution in [0.3, 0.4) is 0 Å². The van der Waals surface area contributed by atoms with E-state index in [1.54, 1.807) is 12.4 Å². The zero-order valence-corrected chi connectivity index (χ0v) is 16.5. The van der Waals surface area contributed by atoms with Gasteiger partial charge in [0.1, 0.15) is 11.1 Å². The molecule has 0 radical (unpaired) electrons. The first kappa shape index (κ1) is 17.4. The van der Waals surface area contributed by atoms with Gasteiger partial charge in [0.25, 0.3) is 5.91 Å². The van der Waals surface area contributed by atoms with E-state index >= 15 is 0 Å². The second kappa shape index (κ2) is 6.29. The van der Waals surface area contributed by atoms with Crippen molar-refractivity contribution in [2.75, 3.05) is 11.9 Å². The Morgan fingerprint density at radius 2 is 1.97 bits per heavy atom. The summed E-state index contributed by atoms with van der Waals surface area (Å²) in [5.74, 6) is -0.0553. The highest BCUT2D eigenvalue weighted by Gasteiger charge is 2.59. The van der Waals surface area contributed by atoms with Crippen LogP contribution in [0.4, 0.5) is 5.69 Å². The highest BCUT2D eigenvalue weighted by atomic mass is 16.2. The molecule has 3 aliphatic rings. The molecule has 1 saturated carbocycles. The lowest BCUT2D eigenvalue weighted by atomic mass is 9.73. The van der Waals surface area contributed by atoms with Crippen molar-refractivity contribution in [3.63, 3.8) is 0 Å². The molecule has 2 unspecified atom stereocenters. The van der Waals surface area contributed by atoms with Crippen molar-refractivity contribution in [1.82, 2.24) is 14.5 Å². The number of para-hydroxylation sites is 1. The third kappa shape index (κ3) is 2.33. The van der Waals surface area contributed by atoms with E-state index in [-0.39, 0.29) is 11.8 Å². The second-order valence-electron chi connectivity index (χ2n) is 8.44. The third-order valence-corrected chi connectivity index (χ3v) is 6.79. The Morgan fingerprint density at radius 1 is 1.10 bits per heavy atom. The number of hydrogen-bond acceptors (Lipinski definition) is 3. The minimum atomic E-state index is -0.799. The largest absolute Gasteiger partial charge is 0.340 e. The number of anilines is 1. The summed E-state index contributed by atoms with van der Waals surface area (Å²) >= 11 is 0. The van der Waals surface area contributed by atoms with Crippen LogP contribution in [0, 0.1) is 0 Å². The molecule has 2 aromatic heterocycles. The molecule has 4 heterocycles. The lowest BCUT2D eigenvalue weighted by Gasteiger charge is -2.34. The number of carbonyl (C=O) groups excluding carboxylic acids is 2. The van der Waals surface area contributed by atoms with Gasteiger partial charge in [0.15, 0.2) is 0 Å². The van der Waals surface area contributed by atoms with E-state index in [0.29, 0.717) is 24.7 Å². The highest BCUT2D eigenvalue weighted by Crippen LogP contribution is 2.55. The Labute approximate surface area is 174 Å². The van der Waals surface area contributed by atoms with Gasteiger partial charge in [-0.3, -0.25) is 14.6 Å². The predicted octanol–water partition coefficient (Wildman–Crippen LogP) is 3.70. The number of amides is 2. The van der Waals surface area contributed by atoms with Gasteiger partial charge in [0, 0.05) is 36.9 Å². The van der Waals surface area contributed by atoms with E-state index in [4.69, 9.17) is 0 Å². The molecule has 1 N–H and O–H groups in total. The summed E-state index contributed by atoms with van der Waals surface area (Å²) in [6.45, 7) is 0.524. The van der Waals surface area contributed by atoms with E-state index in [9.17, 15) is 9.59 Å². The molecule has 3 aromatic rings. The van der Waals surface area contributed by atoms with E-state index in [1.165, 1.54) is 0 Å². The van der Waals surface area contributed by atoms with E-state index < -0.39 is 11.5 Å². The van der Waals surface area contributed by atoms with Gasteiger partial charge in [-0.25, -0.2) is 0 Å². The van der Waals surface area contributed by atoms with Crippen LogP contribution in [0.15, 0.2) is 67.1 Å². The summed E-state index contributed by atoms with van der Waals surface area (Å²) in [5.41, 5.74) is 2.60. The Balaban J connectivity index is 1.49. The number of pyridine rings is 1. The number of aromatic nitrogens is 2. The van der Waals surface area contributed by atoms with Crippen LogP contribution in [0.2, 0.25) is 0 Å². The predicted molar refractivity (Wildman–Crippen MR) is 112 cm³/mol. The Hall–Kier alpha value is -3.41. The van der Waals surface area contributed by atoms with Crippen molar-refractivity contribution in [1.29, 1.82) is 0 Å². The van der Waals surface area contributed by atoms with Gasteiger partial charge in [-0.1, -0.05) is 24.3 Å². The molecular formula is C24H22N4O2. The fraction of sp³-hybridized carbons (Fsp3) is 0.292. The summed E-state index contributed by atoms with van der Waals surface area (Å²) in [4.78, 5) is 33.3. The maximum absolute atomic E-state index is 13.8. The first-order valence-corrected chi connectivity index (χ1v) is 10.5. The smallest absolute Gasteiger partial charge is 0.271 e. The van der Waals surface area contributed by atoms with Gasteiger partial charge in [0.05, 0.1) is 6.04 Å². The van der Waals surface area contributed by atoms with E-state index in [2.05, 4.69) is 14.9 Å². The molecular weight excluding hydrogens is 376 g/mol. The molecule has 1 spiro atoms. The molecule has 6 heteroatoms. The molecule has 2 atom stereocenters. The monoisotopic (exact) mass is 398 g/mol. The first-order valence-electron chi connectivity index (χ1n) is 10.5. The standard InChI is InChI=1S/C24H22N4O2/c29-22(20-8-4-13-27(20)17-9-10-17)28-14-11-24(21(28)16-5-3-12-25-15-16)18-6-1-2-7-19(18)26-23(24)30/h1-8,12-13,15,17,21H,9-11,14H2,(H,26,30). The van der Waals surface area contributed by atoms with Crippen LogP contribution in [-0.4, -0.2) is 32.8 Å². The highest BCUT2D eigenvalue weighted by molar-refractivity contribution is 6.08. The van der Waals surface area contributed by atoms with Crippen molar-refractivity contribution >= 4 is 17.5 Å². The second-order valence-corrected chi connectivity index (χ2v) is 8.44. The normalized spacial score (nSPS) is 24.9. The lowest BCUT2D eigenvalue weighted by Crippen LogP contribution is -2.43. The zero-order chi connectivity index (χ0) is 20.3. The molecule has 0 bridgehead atoms. The molecule has 1 aliphatic carbocycles. The number of fused-ring (bicyclic) bond motifs is 2. The maximum atomic E-state index is 13.8. The third-order valence-electron chi connectivity index (χ3n) is 6.79. The van der Waals surface area contributed by atoms with Crippen LogP contribution in [0.1, 0.15) is 53.0 Å². The zero-order valence-electron chi connectivity index (χ0n) is 16.5. The molecule has 2 fully saturated rings. The number of hydrogen-bond donors (Lipinski definition) is 1. The number of nitrogens with zero attached hydrogens (tertiary/aromatic N) is 3. The van der Waals surface area contributed by atoms with Gasteiger partial charge in [0.2, 0.25) is 5.91 Å². The SMILES string of the molecule is O=C(c1cccn1C1CC1)N1CCC2(C(=O)Nc3ccccc32)C1c1cccnc1. The summed E-state index contributed by atoms with van der Waals surface area (Å²) in [5, 5.41) is 3.06. The van der Waals surface area contributed by atoms with Gasteiger partial charge >= 0.3 is 0 Å². The summed E-state index contributed by atoms with van der Waals surface area (Å²) in [6.07, 6.45) is 8.31. The van der Waals surface area contributed by atoms with Crippen LogP contribution >= 0.6 is 0 Å². The topological polar surface area (TPSA) is 67.2 Å². The van der Waals surface area contributed by atoms with Gasteiger partial charge in [-0.05, 0) is 54.7 Å². The fourth-order valence-electron chi connectivity index (χ4n) is 5.30. The van der Waals surface area contributed by atoms with Gasteiger partial charge in [-0.15, -0.1) is 0 Å². The molecule has 6 rings (SSSR count). The van der Waals surface area contributed by atoms with Gasteiger partial charge in [-0.2, -0.15) is 0 Å². The van der Waals surface area contributed by atoms with Crippen LogP contribution < -0.4 is 5.32 Å². The average Bonchev–Trinajstić information content (AvgIpc) is 3.26. The summed E-state index contributed by atoms with van der Waals surface area (Å²) in [6, 6.07) is 15.5. The van der Waals surface area contributed by atoms with E-state index in [1.807, 2.05) is 59.6 Å². The van der Waals surface area contributed by atoms with Crippen molar-refractivity contribution in [3.05, 3.63) is 83.9 Å². The van der Waals surface area contributed by atoms with Crippen LogP contribution in [0.5, 0.6) is 0 Å². The number of likely N-dealkylation sites (tertiary alicyclic amines) is 1. The molecule has 2 aliphatic heterocycles. The molecule has 150 valence electrons. The number of nitrogens with one attached hydrogen (secondary N) is 1. The molecule has 30 heavy (non-hydrogen) atoms. The number of rotatable bonds is 3. The average molecular weight is 398 g/mol. The van der Waals surface area contributed by atoms with Crippen molar-refractivity contribution < 1.29 is 9.59 Å². The minimum absolute atomic E-state index is 0.0187. The molecule has 1 aromatic carbocycles. The van der Waals surface area contributed by atoms with E-state index in [0.717, 1.165) is 29.7 Å². The van der Waals surface area contributed by atoms with Crippen LogP contribution in [-0.2, 0) is 10.2 Å². The molecule has 6 nitrogen and oxygen atoms in total. The first-order chi connectivity index (χ1) is 14.7. The number of carbonyl (C=O) groups is 2. The molecule has 1 saturated heterocycles. The maximum Gasteiger partial charge on any atom is 0.271 e. The van der Waals surface area contributed by atoms with Gasteiger partial charge < -0.3 is 14.8 Å². The summed E-state index contributed by atoms with van der Waals surface area (Å²) in [7, 11) is 0.